The average molecular weight is 389 g/mol. The third-order valence-electron chi connectivity index (χ3n) is 5.74. The van der Waals surface area contributed by atoms with E-state index in [1.54, 1.807) is 6.20 Å². The molecule has 0 saturated carbocycles. The standard InChI is InChI=1S/C24H28N4O/c1-27-16-12-19(13-17-27)10-14-25-24(29)21-8-5-9-22(18-21)28-23(11-15-26-28)20-6-3-2-4-7-20/h2-9,11,15,18-19H,10,12-14,16-17H2,1H3,(H,25,29). The molecule has 0 unspecified atom stereocenters. The lowest BCUT2D eigenvalue weighted by atomic mass is 9.94. The smallest absolute Gasteiger partial charge is 0.251 e. The van der Waals surface area contributed by atoms with Gasteiger partial charge in [0.15, 0.2) is 0 Å². The van der Waals surface area contributed by atoms with Crippen LogP contribution in [-0.2, 0) is 0 Å². The summed E-state index contributed by atoms with van der Waals surface area (Å²) < 4.78 is 1.88. The van der Waals surface area contributed by atoms with Crippen molar-refractivity contribution >= 4 is 5.91 Å². The lowest BCUT2D eigenvalue weighted by Gasteiger charge is -2.28. The number of carbonyl (C=O) groups excluding carboxylic acids is 1. The molecule has 1 saturated heterocycles. The number of aromatic nitrogens is 2. The van der Waals surface area contributed by atoms with Crippen LogP contribution in [0.1, 0.15) is 29.6 Å². The SMILES string of the molecule is CN1CCC(CCNC(=O)c2cccc(-n3nccc3-c3ccccc3)c2)CC1. The lowest BCUT2D eigenvalue weighted by Crippen LogP contribution is -2.32. The zero-order chi connectivity index (χ0) is 20.1. The van der Waals surface area contributed by atoms with Gasteiger partial charge in [0.05, 0.1) is 17.6 Å². The fraction of sp³-hybridized carbons (Fsp3) is 0.333. The van der Waals surface area contributed by atoms with Crippen LogP contribution in [0.2, 0.25) is 0 Å². The van der Waals surface area contributed by atoms with E-state index >= 15 is 0 Å². The molecule has 2 heterocycles. The Labute approximate surface area is 172 Å². The highest BCUT2D eigenvalue weighted by molar-refractivity contribution is 5.94. The van der Waals surface area contributed by atoms with E-state index in [9.17, 15) is 4.79 Å². The van der Waals surface area contributed by atoms with Crippen LogP contribution in [0.5, 0.6) is 0 Å². The summed E-state index contributed by atoms with van der Waals surface area (Å²) in [6.45, 7) is 3.05. The Balaban J connectivity index is 1.42. The van der Waals surface area contributed by atoms with Crippen molar-refractivity contribution in [3.8, 4) is 16.9 Å². The second kappa shape index (κ2) is 9.05. The van der Waals surface area contributed by atoms with E-state index in [0.717, 1.165) is 48.9 Å². The predicted molar refractivity (Wildman–Crippen MR) is 116 cm³/mol. The van der Waals surface area contributed by atoms with Gasteiger partial charge < -0.3 is 10.2 Å². The van der Waals surface area contributed by atoms with Crippen molar-refractivity contribution in [1.82, 2.24) is 20.0 Å². The van der Waals surface area contributed by atoms with Crippen LogP contribution in [0.25, 0.3) is 16.9 Å². The summed E-state index contributed by atoms with van der Waals surface area (Å²) in [5.41, 5.74) is 3.65. The maximum Gasteiger partial charge on any atom is 0.251 e. The number of carbonyl (C=O) groups is 1. The minimum absolute atomic E-state index is 0.0202. The molecule has 1 aliphatic heterocycles. The van der Waals surface area contributed by atoms with Crippen LogP contribution in [0.3, 0.4) is 0 Å². The fourth-order valence-corrected chi connectivity index (χ4v) is 3.96. The van der Waals surface area contributed by atoms with Crippen LogP contribution in [0, 0.1) is 5.92 Å². The van der Waals surface area contributed by atoms with Gasteiger partial charge in [-0.15, -0.1) is 0 Å². The second-order valence-electron chi connectivity index (χ2n) is 7.84. The molecule has 1 aromatic heterocycles. The van der Waals surface area contributed by atoms with Crippen molar-refractivity contribution in [2.75, 3.05) is 26.7 Å². The van der Waals surface area contributed by atoms with E-state index in [1.807, 2.05) is 53.2 Å². The minimum Gasteiger partial charge on any atom is -0.352 e. The van der Waals surface area contributed by atoms with Crippen LogP contribution >= 0.6 is 0 Å². The molecule has 3 aromatic rings. The number of rotatable bonds is 6. The van der Waals surface area contributed by atoms with E-state index in [1.165, 1.54) is 12.8 Å². The van der Waals surface area contributed by atoms with E-state index in [-0.39, 0.29) is 5.91 Å². The van der Waals surface area contributed by atoms with Crippen LogP contribution < -0.4 is 5.32 Å². The van der Waals surface area contributed by atoms with Gasteiger partial charge in [-0.3, -0.25) is 4.79 Å². The Morgan fingerprint density at radius 1 is 1.07 bits per heavy atom. The van der Waals surface area contributed by atoms with Crippen molar-refractivity contribution in [3.05, 3.63) is 72.4 Å². The zero-order valence-electron chi connectivity index (χ0n) is 16.9. The Hall–Kier alpha value is -2.92. The fourth-order valence-electron chi connectivity index (χ4n) is 3.96. The topological polar surface area (TPSA) is 50.2 Å². The van der Waals surface area contributed by atoms with Gasteiger partial charge in [0.2, 0.25) is 0 Å². The number of nitrogens with zero attached hydrogens (tertiary/aromatic N) is 3. The molecular weight excluding hydrogens is 360 g/mol. The van der Waals surface area contributed by atoms with E-state index in [2.05, 4.69) is 34.5 Å². The van der Waals surface area contributed by atoms with Crippen LogP contribution in [0.4, 0.5) is 0 Å². The van der Waals surface area contributed by atoms with Gasteiger partial charge in [0.25, 0.3) is 5.91 Å². The third-order valence-corrected chi connectivity index (χ3v) is 5.74. The molecule has 5 nitrogen and oxygen atoms in total. The van der Waals surface area contributed by atoms with Gasteiger partial charge in [-0.25, -0.2) is 4.68 Å². The maximum atomic E-state index is 12.7. The first kappa shape index (κ1) is 19.4. The van der Waals surface area contributed by atoms with Crippen LogP contribution in [0.15, 0.2) is 66.9 Å². The highest BCUT2D eigenvalue weighted by atomic mass is 16.1. The number of benzene rings is 2. The number of nitrogens with one attached hydrogen (secondary N) is 1. The average Bonchev–Trinajstić information content (AvgIpc) is 3.26. The van der Waals surface area contributed by atoms with Crippen molar-refractivity contribution in [3.63, 3.8) is 0 Å². The monoisotopic (exact) mass is 388 g/mol. The summed E-state index contributed by atoms with van der Waals surface area (Å²) in [6.07, 6.45) is 5.29. The molecule has 1 aliphatic rings. The van der Waals surface area contributed by atoms with E-state index < -0.39 is 0 Å². The highest BCUT2D eigenvalue weighted by Gasteiger charge is 2.17. The number of likely N-dealkylation sites (tertiary alicyclic amines) is 1. The van der Waals surface area contributed by atoms with Gasteiger partial charge in [0, 0.05) is 17.7 Å². The molecule has 1 fully saturated rings. The zero-order valence-corrected chi connectivity index (χ0v) is 16.9. The van der Waals surface area contributed by atoms with Gasteiger partial charge in [-0.05, 0) is 69.6 Å². The Kier molecular flexibility index (Phi) is 6.06. The summed E-state index contributed by atoms with van der Waals surface area (Å²) >= 11 is 0. The molecule has 1 N–H and O–H groups in total. The maximum absolute atomic E-state index is 12.7. The van der Waals surface area contributed by atoms with Gasteiger partial charge in [-0.1, -0.05) is 36.4 Å². The molecule has 1 amide bonds. The summed E-state index contributed by atoms with van der Waals surface area (Å²) in [4.78, 5) is 15.0. The van der Waals surface area contributed by atoms with Crippen molar-refractivity contribution < 1.29 is 4.79 Å². The quantitative estimate of drug-likeness (QED) is 0.694. The number of piperidine rings is 1. The van der Waals surface area contributed by atoms with Gasteiger partial charge in [-0.2, -0.15) is 5.10 Å². The lowest BCUT2D eigenvalue weighted by molar-refractivity contribution is 0.0949. The highest BCUT2D eigenvalue weighted by Crippen LogP contribution is 2.23. The normalized spacial score (nSPS) is 15.3. The first-order valence-corrected chi connectivity index (χ1v) is 10.4. The molecule has 0 atom stereocenters. The molecule has 2 aromatic carbocycles. The second-order valence-corrected chi connectivity index (χ2v) is 7.84. The van der Waals surface area contributed by atoms with Crippen molar-refractivity contribution in [2.24, 2.45) is 5.92 Å². The first-order chi connectivity index (χ1) is 14.2. The Morgan fingerprint density at radius 2 is 1.86 bits per heavy atom. The summed E-state index contributed by atoms with van der Waals surface area (Å²) in [6, 6.07) is 19.8. The summed E-state index contributed by atoms with van der Waals surface area (Å²) in [5, 5.41) is 7.57. The minimum atomic E-state index is -0.0202. The van der Waals surface area contributed by atoms with E-state index in [0.29, 0.717) is 5.56 Å². The molecule has 0 aliphatic carbocycles. The van der Waals surface area contributed by atoms with Crippen LogP contribution in [-0.4, -0.2) is 47.3 Å². The number of hydrogen-bond acceptors (Lipinski definition) is 3. The van der Waals surface area contributed by atoms with Crippen molar-refractivity contribution in [2.45, 2.75) is 19.3 Å². The Morgan fingerprint density at radius 3 is 2.66 bits per heavy atom. The van der Waals surface area contributed by atoms with Gasteiger partial charge in [0.1, 0.15) is 0 Å². The largest absolute Gasteiger partial charge is 0.352 e. The number of amides is 1. The molecule has 0 spiro atoms. The molecule has 0 radical (unpaired) electrons. The molecule has 5 heteroatoms. The predicted octanol–water partition coefficient (Wildman–Crippen LogP) is 4.00. The number of hydrogen-bond donors (Lipinski definition) is 1. The molecule has 4 rings (SSSR count). The summed E-state index contributed by atoms with van der Waals surface area (Å²) in [5.74, 6) is 0.698. The van der Waals surface area contributed by atoms with Gasteiger partial charge >= 0.3 is 0 Å². The third kappa shape index (κ3) is 4.74. The molecule has 150 valence electrons. The first-order valence-electron chi connectivity index (χ1n) is 10.4. The van der Waals surface area contributed by atoms with Crippen molar-refractivity contribution in [1.29, 1.82) is 0 Å². The molecular formula is C24H28N4O. The van der Waals surface area contributed by atoms with E-state index in [4.69, 9.17) is 0 Å². The molecule has 0 bridgehead atoms. The summed E-state index contributed by atoms with van der Waals surface area (Å²) in [7, 11) is 2.17. The molecule has 29 heavy (non-hydrogen) atoms. The Bertz CT molecular complexity index is 942.